The molecule has 3 N–H and O–H groups in total. The fraction of sp³-hybridized carbons (Fsp3) is 0. The first-order valence-corrected chi connectivity index (χ1v) is 10.2. The minimum atomic E-state index is -0.462. The number of allylic oxidation sites excluding steroid dienone is 4. The van der Waals surface area contributed by atoms with Crippen molar-refractivity contribution in [3.05, 3.63) is 114 Å². The topological polar surface area (TPSA) is 75.7 Å². The van der Waals surface area contributed by atoms with Gasteiger partial charge in [-0.3, -0.25) is 4.99 Å². The quantitative estimate of drug-likeness (QED) is 0.468. The van der Waals surface area contributed by atoms with Crippen molar-refractivity contribution in [2.75, 3.05) is 5.32 Å². The van der Waals surface area contributed by atoms with E-state index >= 15 is 4.39 Å². The highest BCUT2D eigenvalue weighted by Crippen LogP contribution is 2.37. The molecule has 2 aromatic carbocycles. The molecule has 3 heterocycles. The zero-order chi connectivity index (χ0) is 21.7. The van der Waals surface area contributed by atoms with E-state index in [4.69, 9.17) is 10.8 Å². The van der Waals surface area contributed by atoms with Crippen LogP contribution in [0.5, 0.6) is 0 Å². The van der Waals surface area contributed by atoms with E-state index in [0.717, 1.165) is 11.3 Å². The number of quaternary nitrogens is 1. The zero-order valence-electron chi connectivity index (χ0n) is 16.9. The Kier molecular flexibility index (Phi) is 4.01. The number of halogens is 1. The summed E-state index contributed by atoms with van der Waals surface area (Å²) in [7, 11) is 0. The van der Waals surface area contributed by atoms with Gasteiger partial charge in [0.2, 0.25) is 5.70 Å². The van der Waals surface area contributed by atoms with Crippen molar-refractivity contribution < 1.29 is 8.98 Å². The average molecular weight is 421 g/mol. The van der Waals surface area contributed by atoms with Crippen molar-refractivity contribution in [2.45, 2.75) is 0 Å². The fourth-order valence-corrected chi connectivity index (χ4v) is 3.99. The molecule has 6 rings (SSSR count). The largest absolute Gasteiger partial charge is 0.340 e. The average Bonchev–Trinajstić information content (AvgIpc) is 3.06. The molecule has 1 aromatic heterocycles. The predicted molar refractivity (Wildman–Crippen MR) is 124 cm³/mol. The summed E-state index contributed by atoms with van der Waals surface area (Å²) in [6.07, 6.45) is 10.8. The number of para-hydroxylation sites is 1. The summed E-state index contributed by atoms with van der Waals surface area (Å²) in [5.74, 6) is 7.19. The minimum Gasteiger partial charge on any atom is -0.340 e. The predicted octanol–water partition coefficient (Wildman–Crippen LogP) is 4.83. The summed E-state index contributed by atoms with van der Waals surface area (Å²) < 4.78 is 15.6. The van der Waals surface area contributed by atoms with Crippen LogP contribution in [0.4, 0.5) is 15.9 Å². The number of hydrogen-bond donors (Lipinski definition) is 2. The van der Waals surface area contributed by atoms with Crippen LogP contribution in [0.2, 0.25) is 0 Å². The molecule has 3 aliphatic rings. The van der Waals surface area contributed by atoms with Crippen LogP contribution >= 0.6 is 0 Å². The van der Waals surface area contributed by atoms with Crippen LogP contribution in [0, 0.1) is 5.82 Å². The van der Waals surface area contributed by atoms with Crippen LogP contribution in [0.1, 0.15) is 5.56 Å². The Morgan fingerprint density at radius 3 is 2.59 bits per heavy atom. The number of fused-ring (bicyclic) bond motifs is 2. The second kappa shape index (κ2) is 6.91. The smallest absolute Gasteiger partial charge is 0.268 e. The maximum atomic E-state index is 15.9. The number of aliphatic imine (C=N–C) groups is 2. The Balaban J connectivity index is 1.46. The highest BCUT2D eigenvalue weighted by atomic mass is 19.1. The van der Waals surface area contributed by atoms with E-state index in [0.29, 0.717) is 34.0 Å². The van der Waals surface area contributed by atoms with Gasteiger partial charge < -0.3 is 5.32 Å². The molecule has 0 radical (unpaired) electrons. The van der Waals surface area contributed by atoms with Crippen LogP contribution in [-0.4, -0.2) is 21.6 Å². The highest BCUT2D eigenvalue weighted by Gasteiger charge is 2.46. The summed E-state index contributed by atoms with van der Waals surface area (Å²) in [6.45, 7) is 0. The number of anilines is 2. The van der Waals surface area contributed by atoms with E-state index < -0.39 is 5.82 Å². The van der Waals surface area contributed by atoms with E-state index in [2.05, 4.69) is 15.3 Å². The van der Waals surface area contributed by atoms with E-state index in [9.17, 15) is 0 Å². The second-order valence-corrected chi connectivity index (χ2v) is 7.69. The van der Waals surface area contributed by atoms with Gasteiger partial charge in [-0.25, -0.2) is 9.37 Å². The molecule has 0 saturated heterocycles. The van der Waals surface area contributed by atoms with E-state index in [1.807, 2.05) is 66.8 Å². The fourth-order valence-electron chi connectivity index (χ4n) is 3.99. The number of nitrogens with one attached hydrogen (secondary N) is 1. The maximum absolute atomic E-state index is 15.9. The van der Waals surface area contributed by atoms with Crippen LogP contribution in [0.15, 0.2) is 112 Å². The summed E-state index contributed by atoms with van der Waals surface area (Å²) in [6, 6.07) is 16.9. The lowest BCUT2D eigenvalue weighted by Gasteiger charge is -2.26. The standard InChI is InChI=1S/C25H18FN6/c26-22-19(25-31-23(16-5-4-6-16)20-15-28-13-14-32(20,25)27)11-9-17-10-12-21(30-24(17)22)29-18-7-2-1-3-8-18/h1-15H,27H2,(H,29,30)/q+1. The van der Waals surface area contributed by atoms with E-state index in [1.165, 1.54) is 0 Å². The highest BCUT2D eigenvalue weighted by molar-refractivity contribution is 6.03. The van der Waals surface area contributed by atoms with Crippen molar-refractivity contribution in [2.24, 2.45) is 15.8 Å². The molecule has 1 aliphatic carbocycles. The molecule has 154 valence electrons. The molecule has 0 amide bonds. The van der Waals surface area contributed by atoms with Gasteiger partial charge in [-0.1, -0.05) is 42.5 Å². The zero-order valence-corrected chi connectivity index (χ0v) is 16.9. The van der Waals surface area contributed by atoms with Crippen molar-refractivity contribution in [3.63, 3.8) is 0 Å². The van der Waals surface area contributed by atoms with Crippen LogP contribution in [0.3, 0.4) is 0 Å². The molecule has 32 heavy (non-hydrogen) atoms. The second-order valence-electron chi connectivity index (χ2n) is 7.69. The maximum Gasteiger partial charge on any atom is 0.268 e. The third-order valence-corrected chi connectivity index (χ3v) is 5.71. The molecule has 1 atom stereocenters. The number of nitrogens with zero attached hydrogens (tertiary/aromatic N) is 4. The number of hydrogen-bond acceptors (Lipinski definition) is 5. The summed E-state index contributed by atoms with van der Waals surface area (Å²) >= 11 is 0. The van der Waals surface area contributed by atoms with Gasteiger partial charge in [-0.15, -0.1) is 4.59 Å². The first-order chi connectivity index (χ1) is 15.6. The third-order valence-electron chi connectivity index (χ3n) is 5.71. The van der Waals surface area contributed by atoms with Crippen molar-refractivity contribution >= 4 is 34.5 Å². The number of nitrogens with two attached hydrogens (primary N) is 1. The van der Waals surface area contributed by atoms with Crippen molar-refractivity contribution in [3.8, 4) is 0 Å². The molecule has 0 bridgehead atoms. The lowest BCUT2D eigenvalue weighted by Crippen LogP contribution is -2.53. The Morgan fingerprint density at radius 2 is 1.81 bits per heavy atom. The van der Waals surface area contributed by atoms with Gasteiger partial charge in [0.1, 0.15) is 23.2 Å². The molecule has 2 aliphatic heterocycles. The summed E-state index contributed by atoms with van der Waals surface area (Å²) in [4.78, 5) is 13.5. The van der Waals surface area contributed by atoms with Gasteiger partial charge in [0.15, 0.2) is 5.82 Å². The summed E-state index contributed by atoms with van der Waals surface area (Å²) in [5.41, 5.74) is 3.78. The molecule has 1 unspecified atom stereocenters. The molecule has 0 saturated carbocycles. The number of aromatic nitrogens is 1. The van der Waals surface area contributed by atoms with Gasteiger partial charge in [0, 0.05) is 16.6 Å². The number of benzene rings is 2. The first-order valence-electron chi connectivity index (χ1n) is 10.2. The molecular formula is C25H18FN6+. The molecule has 7 heteroatoms. The van der Waals surface area contributed by atoms with Gasteiger partial charge in [0.25, 0.3) is 5.84 Å². The number of amidine groups is 1. The van der Waals surface area contributed by atoms with Gasteiger partial charge in [0.05, 0.1) is 18.0 Å². The van der Waals surface area contributed by atoms with Crippen molar-refractivity contribution in [1.82, 2.24) is 4.98 Å². The van der Waals surface area contributed by atoms with E-state index in [-0.39, 0.29) is 10.1 Å². The monoisotopic (exact) mass is 421 g/mol. The van der Waals surface area contributed by atoms with Crippen LogP contribution in [-0.2, 0) is 0 Å². The molecule has 0 fully saturated rings. The first kappa shape index (κ1) is 18.6. The SMILES string of the molecule is N[N+]12C=CN=CC1=C(C1=CC=C1)N=C2c1ccc2ccc(Nc3ccccc3)nc2c1F. The number of pyridine rings is 1. The van der Waals surface area contributed by atoms with Crippen LogP contribution in [0.25, 0.3) is 10.9 Å². The lowest BCUT2D eigenvalue weighted by molar-refractivity contribution is -0.750. The molecule has 6 nitrogen and oxygen atoms in total. The van der Waals surface area contributed by atoms with Gasteiger partial charge in [-0.2, -0.15) is 10.8 Å². The van der Waals surface area contributed by atoms with Crippen molar-refractivity contribution in [1.29, 1.82) is 0 Å². The lowest BCUT2D eigenvalue weighted by atomic mass is 10.0. The minimum absolute atomic E-state index is 0.242. The van der Waals surface area contributed by atoms with Gasteiger partial charge in [-0.05, 0) is 30.3 Å². The molecular weight excluding hydrogens is 403 g/mol. The molecule has 0 spiro atoms. The Labute approximate surface area is 183 Å². The normalized spacial score (nSPS) is 20.8. The Bertz CT molecular complexity index is 1460. The molecule has 3 aromatic rings. The third kappa shape index (κ3) is 2.76. The Hall–Kier alpha value is -4.20. The Morgan fingerprint density at radius 1 is 1.00 bits per heavy atom. The van der Waals surface area contributed by atoms with Gasteiger partial charge >= 0.3 is 0 Å². The van der Waals surface area contributed by atoms with Crippen LogP contribution < -0.4 is 11.2 Å². The summed E-state index contributed by atoms with van der Waals surface area (Å²) in [5, 5.41) is 3.91. The number of rotatable bonds is 4. The van der Waals surface area contributed by atoms with E-state index in [1.54, 1.807) is 24.7 Å².